The van der Waals surface area contributed by atoms with Crippen molar-refractivity contribution in [3.8, 4) is 0 Å². The monoisotopic (exact) mass is 358 g/mol. The van der Waals surface area contributed by atoms with Crippen molar-refractivity contribution in [2.45, 2.75) is 44.2 Å². The lowest BCUT2D eigenvalue weighted by molar-refractivity contribution is -0.140. The Morgan fingerprint density at radius 1 is 1.08 bits per heavy atom. The second-order valence-corrected chi connectivity index (χ2v) is 8.07. The highest BCUT2D eigenvalue weighted by atomic mass is 16.2. The van der Waals surface area contributed by atoms with Gasteiger partial charge in [-0.1, -0.05) is 49.6 Å². The van der Waals surface area contributed by atoms with Crippen molar-refractivity contribution in [2.75, 3.05) is 46.3 Å². The molecule has 0 radical (unpaired) electrons. The van der Waals surface area contributed by atoms with Crippen LogP contribution >= 0.6 is 0 Å². The zero-order valence-corrected chi connectivity index (χ0v) is 16.2. The van der Waals surface area contributed by atoms with E-state index in [2.05, 4.69) is 47.2 Å². The predicted molar refractivity (Wildman–Crippen MR) is 106 cm³/mol. The Morgan fingerprint density at radius 3 is 2.38 bits per heavy atom. The molecule has 0 aromatic heterocycles. The number of rotatable bonds is 6. The van der Waals surface area contributed by atoms with E-state index in [1.54, 1.807) is 0 Å². The summed E-state index contributed by atoms with van der Waals surface area (Å²) in [7, 11) is 2.17. The van der Waals surface area contributed by atoms with Gasteiger partial charge in [0.25, 0.3) is 0 Å². The maximum absolute atomic E-state index is 12.8. The third-order valence-corrected chi connectivity index (χ3v) is 5.92. The SMILES string of the molecule is CN(CCN1CCN(C(=O)C2(N)CCCCC2)CC1)Cc1ccccc1. The molecule has 5 heteroatoms. The van der Waals surface area contributed by atoms with Gasteiger partial charge in [-0.3, -0.25) is 9.69 Å². The molecule has 1 saturated heterocycles. The summed E-state index contributed by atoms with van der Waals surface area (Å²) in [6, 6.07) is 10.6. The fraction of sp³-hybridized carbons (Fsp3) is 0.667. The smallest absolute Gasteiger partial charge is 0.242 e. The number of carbonyl (C=O) groups excluding carboxylic acids is 1. The van der Waals surface area contributed by atoms with E-state index in [0.717, 1.165) is 71.5 Å². The van der Waals surface area contributed by atoms with Crippen molar-refractivity contribution in [1.82, 2.24) is 14.7 Å². The molecule has 5 nitrogen and oxygen atoms in total. The van der Waals surface area contributed by atoms with E-state index in [-0.39, 0.29) is 5.91 Å². The van der Waals surface area contributed by atoms with Crippen molar-refractivity contribution in [1.29, 1.82) is 0 Å². The number of hydrogen-bond acceptors (Lipinski definition) is 4. The highest BCUT2D eigenvalue weighted by molar-refractivity contribution is 5.86. The Kier molecular flexibility index (Phi) is 6.68. The van der Waals surface area contributed by atoms with Crippen LogP contribution in [-0.4, -0.2) is 72.5 Å². The topological polar surface area (TPSA) is 52.8 Å². The van der Waals surface area contributed by atoms with Gasteiger partial charge >= 0.3 is 0 Å². The van der Waals surface area contributed by atoms with Crippen LogP contribution in [0.5, 0.6) is 0 Å². The largest absolute Gasteiger partial charge is 0.339 e. The first-order valence-corrected chi connectivity index (χ1v) is 10.1. The van der Waals surface area contributed by atoms with E-state index >= 15 is 0 Å². The van der Waals surface area contributed by atoms with Crippen molar-refractivity contribution in [2.24, 2.45) is 5.73 Å². The maximum Gasteiger partial charge on any atom is 0.242 e. The second kappa shape index (κ2) is 8.98. The van der Waals surface area contributed by atoms with Crippen LogP contribution in [0.2, 0.25) is 0 Å². The second-order valence-electron chi connectivity index (χ2n) is 8.07. The third-order valence-electron chi connectivity index (χ3n) is 5.92. The Labute approximate surface area is 158 Å². The zero-order valence-electron chi connectivity index (χ0n) is 16.2. The molecule has 1 amide bonds. The molecule has 26 heavy (non-hydrogen) atoms. The molecule has 0 unspecified atom stereocenters. The summed E-state index contributed by atoms with van der Waals surface area (Å²) in [6.45, 7) is 6.64. The maximum atomic E-state index is 12.8. The number of amides is 1. The summed E-state index contributed by atoms with van der Waals surface area (Å²) in [6.07, 6.45) is 5.12. The summed E-state index contributed by atoms with van der Waals surface area (Å²) in [4.78, 5) is 19.7. The molecule has 2 fully saturated rings. The van der Waals surface area contributed by atoms with Gasteiger partial charge in [0, 0.05) is 45.8 Å². The first-order chi connectivity index (χ1) is 12.6. The lowest BCUT2D eigenvalue weighted by Crippen LogP contribution is -2.60. The molecule has 2 N–H and O–H groups in total. The first-order valence-electron chi connectivity index (χ1n) is 10.1. The Balaban J connectivity index is 1.39. The summed E-state index contributed by atoms with van der Waals surface area (Å²) in [5.74, 6) is 0.193. The van der Waals surface area contributed by atoms with Crippen LogP contribution in [0.25, 0.3) is 0 Å². The standard InChI is InChI=1S/C21H34N4O/c1-23(18-19-8-4-2-5-9-19)12-13-24-14-16-25(17-15-24)20(26)21(22)10-6-3-7-11-21/h2,4-5,8-9H,3,6-7,10-18,22H2,1H3. The van der Waals surface area contributed by atoms with Gasteiger partial charge in [-0.2, -0.15) is 0 Å². The fourth-order valence-corrected chi connectivity index (χ4v) is 4.17. The van der Waals surface area contributed by atoms with Gasteiger partial charge in [0.05, 0.1) is 5.54 Å². The molecule has 1 heterocycles. The number of carbonyl (C=O) groups is 1. The van der Waals surface area contributed by atoms with Gasteiger partial charge in [0.15, 0.2) is 0 Å². The van der Waals surface area contributed by atoms with Crippen LogP contribution < -0.4 is 5.73 Å². The third kappa shape index (κ3) is 5.06. The molecule has 0 atom stereocenters. The van der Waals surface area contributed by atoms with Gasteiger partial charge in [-0.15, -0.1) is 0 Å². The minimum absolute atomic E-state index is 0.193. The van der Waals surface area contributed by atoms with E-state index < -0.39 is 5.54 Å². The van der Waals surface area contributed by atoms with Crippen LogP contribution in [0.3, 0.4) is 0 Å². The number of hydrogen-bond donors (Lipinski definition) is 1. The zero-order chi connectivity index (χ0) is 18.4. The normalized spacial score (nSPS) is 21.1. The van der Waals surface area contributed by atoms with E-state index in [1.165, 1.54) is 12.0 Å². The number of likely N-dealkylation sites (N-methyl/N-ethyl adjacent to an activating group) is 1. The van der Waals surface area contributed by atoms with Crippen LogP contribution in [-0.2, 0) is 11.3 Å². The average molecular weight is 359 g/mol. The number of benzene rings is 1. The Hall–Kier alpha value is -1.43. The number of nitrogens with zero attached hydrogens (tertiary/aromatic N) is 3. The molecule has 1 aliphatic carbocycles. The van der Waals surface area contributed by atoms with E-state index in [4.69, 9.17) is 5.73 Å². The molecule has 0 spiro atoms. The minimum atomic E-state index is -0.587. The first kappa shape index (κ1) is 19.3. The lowest BCUT2D eigenvalue weighted by Gasteiger charge is -2.41. The summed E-state index contributed by atoms with van der Waals surface area (Å²) in [5.41, 5.74) is 7.19. The summed E-state index contributed by atoms with van der Waals surface area (Å²) in [5, 5.41) is 0. The highest BCUT2D eigenvalue weighted by Crippen LogP contribution is 2.28. The van der Waals surface area contributed by atoms with E-state index in [1.807, 2.05) is 4.90 Å². The van der Waals surface area contributed by atoms with Gasteiger partial charge in [0.1, 0.15) is 0 Å². The Morgan fingerprint density at radius 2 is 1.73 bits per heavy atom. The van der Waals surface area contributed by atoms with Crippen molar-refractivity contribution in [3.63, 3.8) is 0 Å². The van der Waals surface area contributed by atoms with Crippen LogP contribution in [0.1, 0.15) is 37.7 Å². The quantitative estimate of drug-likeness (QED) is 0.844. The van der Waals surface area contributed by atoms with E-state index in [9.17, 15) is 4.79 Å². The van der Waals surface area contributed by atoms with E-state index in [0.29, 0.717) is 0 Å². The molecule has 1 aromatic carbocycles. The molecule has 1 aromatic rings. The van der Waals surface area contributed by atoms with Crippen molar-refractivity contribution in [3.05, 3.63) is 35.9 Å². The summed E-state index contributed by atoms with van der Waals surface area (Å²) >= 11 is 0. The molecular formula is C21H34N4O. The molecule has 0 bridgehead atoms. The van der Waals surface area contributed by atoms with Gasteiger partial charge in [-0.05, 0) is 25.5 Å². The average Bonchev–Trinajstić information content (AvgIpc) is 2.67. The molecule has 144 valence electrons. The predicted octanol–water partition coefficient (Wildman–Crippen LogP) is 1.92. The number of nitrogens with two attached hydrogens (primary N) is 1. The van der Waals surface area contributed by atoms with Crippen LogP contribution in [0.15, 0.2) is 30.3 Å². The van der Waals surface area contributed by atoms with Crippen molar-refractivity contribution < 1.29 is 4.79 Å². The fourth-order valence-electron chi connectivity index (χ4n) is 4.17. The lowest BCUT2D eigenvalue weighted by atomic mass is 9.81. The highest BCUT2D eigenvalue weighted by Gasteiger charge is 2.39. The van der Waals surface area contributed by atoms with Gasteiger partial charge < -0.3 is 15.5 Å². The molecular weight excluding hydrogens is 324 g/mol. The van der Waals surface area contributed by atoms with Gasteiger partial charge in [-0.25, -0.2) is 0 Å². The molecule has 3 rings (SSSR count). The summed E-state index contributed by atoms with van der Waals surface area (Å²) < 4.78 is 0. The molecule has 1 aliphatic heterocycles. The molecule has 2 aliphatic rings. The van der Waals surface area contributed by atoms with Crippen LogP contribution in [0, 0.1) is 0 Å². The minimum Gasteiger partial charge on any atom is -0.339 e. The molecule has 1 saturated carbocycles. The Bertz CT molecular complexity index is 563. The van der Waals surface area contributed by atoms with Gasteiger partial charge in [0.2, 0.25) is 5.91 Å². The number of piperazine rings is 1. The van der Waals surface area contributed by atoms with Crippen molar-refractivity contribution >= 4 is 5.91 Å². The van der Waals surface area contributed by atoms with Crippen LogP contribution in [0.4, 0.5) is 0 Å².